The number of unbranched alkanes of at least 4 members (excludes halogenated alkanes) is 43. The number of amides is 1. The second-order valence-corrected chi connectivity index (χ2v) is 26.3. The molecule has 0 aromatic heterocycles. The van der Waals surface area contributed by atoms with Gasteiger partial charge in [-0.05, 0) is 70.6 Å². The normalized spacial score (nSPS) is 14.0. The molecule has 0 saturated heterocycles. The molecule has 3 unspecified atom stereocenters. The molecule has 0 rings (SSSR count). The lowest BCUT2D eigenvalue weighted by Gasteiger charge is -2.29. The summed E-state index contributed by atoms with van der Waals surface area (Å²) in [4.78, 5) is 25.6. The average molecular weight is 1140 g/mol. The number of hydrogen-bond acceptors (Lipinski definition) is 6. The number of hydrogen-bond donors (Lipinski definition) is 2. The van der Waals surface area contributed by atoms with Crippen molar-refractivity contribution in [3.63, 3.8) is 0 Å². The Morgan fingerprint density at radius 1 is 0.438 bits per heavy atom. The quantitative estimate of drug-likeness (QED) is 0.0272. The van der Waals surface area contributed by atoms with E-state index in [1.165, 1.54) is 263 Å². The summed E-state index contributed by atoms with van der Waals surface area (Å²) in [5, 5.41) is 13.9. The van der Waals surface area contributed by atoms with Crippen LogP contribution in [-0.2, 0) is 18.4 Å². The predicted octanol–water partition coefficient (Wildman–Crippen LogP) is 21.4. The Labute approximate surface area is 498 Å². The van der Waals surface area contributed by atoms with Crippen LogP contribution in [0.3, 0.4) is 0 Å². The summed E-state index contributed by atoms with van der Waals surface area (Å²) in [5.74, 6) is -0.206. The fourth-order valence-electron chi connectivity index (χ4n) is 10.3. The van der Waals surface area contributed by atoms with Gasteiger partial charge in [-0.25, -0.2) is 0 Å². The van der Waals surface area contributed by atoms with Crippen LogP contribution in [0.25, 0.3) is 0 Å². The number of allylic oxidation sites excluding steroid dienone is 9. The van der Waals surface area contributed by atoms with Gasteiger partial charge in [0.05, 0.1) is 39.9 Å². The Morgan fingerprint density at radius 3 is 1.10 bits per heavy atom. The van der Waals surface area contributed by atoms with Crippen LogP contribution >= 0.6 is 7.82 Å². The number of likely N-dealkylation sites (N-methyl/N-ethyl adjacent to an activating group) is 1. The van der Waals surface area contributed by atoms with Gasteiger partial charge in [-0.15, -0.1) is 0 Å². The van der Waals surface area contributed by atoms with Crippen molar-refractivity contribution in [3.05, 3.63) is 60.8 Å². The molecule has 2 N–H and O–H groups in total. The number of carbonyl (C=O) groups excluding carboxylic acids is 1. The minimum absolute atomic E-state index is 0.00777. The van der Waals surface area contributed by atoms with Crippen molar-refractivity contribution in [2.24, 2.45) is 0 Å². The van der Waals surface area contributed by atoms with Gasteiger partial charge < -0.3 is 28.8 Å². The van der Waals surface area contributed by atoms with E-state index < -0.39 is 26.6 Å². The number of rotatable bonds is 64. The first-order valence-electron chi connectivity index (χ1n) is 34.7. The second-order valence-electron chi connectivity index (χ2n) is 24.9. The van der Waals surface area contributed by atoms with E-state index in [1.54, 1.807) is 6.08 Å². The summed E-state index contributed by atoms with van der Waals surface area (Å²) >= 11 is 0. The van der Waals surface area contributed by atoms with Gasteiger partial charge in [0.1, 0.15) is 13.2 Å². The van der Waals surface area contributed by atoms with Crippen molar-refractivity contribution in [2.45, 2.75) is 347 Å². The molecule has 0 aliphatic carbocycles. The molecular formula is C71H135N2O6P. The molecule has 0 aliphatic rings. The summed E-state index contributed by atoms with van der Waals surface area (Å²) in [6, 6.07) is -0.909. The van der Waals surface area contributed by atoms with Crippen LogP contribution in [0, 0.1) is 0 Å². The zero-order valence-corrected chi connectivity index (χ0v) is 54.7. The van der Waals surface area contributed by atoms with E-state index in [9.17, 15) is 19.4 Å². The highest BCUT2D eigenvalue weighted by Gasteiger charge is 2.23. The van der Waals surface area contributed by atoms with Crippen LogP contribution < -0.4 is 10.2 Å². The van der Waals surface area contributed by atoms with E-state index >= 15 is 0 Å². The maximum atomic E-state index is 13.0. The molecule has 0 aromatic carbocycles. The Morgan fingerprint density at radius 2 is 0.738 bits per heavy atom. The molecule has 0 spiro atoms. The van der Waals surface area contributed by atoms with Gasteiger partial charge >= 0.3 is 0 Å². The number of aliphatic hydroxyl groups excluding tert-OH is 1. The Hall–Kier alpha value is -1.80. The third-order valence-electron chi connectivity index (χ3n) is 15.7. The Balaban J connectivity index is 4.12. The molecule has 0 saturated carbocycles. The smallest absolute Gasteiger partial charge is 0.268 e. The topological polar surface area (TPSA) is 108 Å². The molecule has 470 valence electrons. The van der Waals surface area contributed by atoms with Crippen molar-refractivity contribution >= 4 is 13.7 Å². The van der Waals surface area contributed by atoms with Crippen molar-refractivity contribution in [3.8, 4) is 0 Å². The molecule has 1 amide bonds. The van der Waals surface area contributed by atoms with Gasteiger partial charge in [0.15, 0.2) is 0 Å². The Bertz CT molecular complexity index is 1490. The van der Waals surface area contributed by atoms with Crippen molar-refractivity contribution < 1.29 is 32.9 Å². The molecule has 0 radical (unpaired) electrons. The number of nitrogens with zero attached hydrogens (tertiary/aromatic N) is 1. The van der Waals surface area contributed by atoms with Crippen molar-refractivity contribution in [2.75, 3.05) is 40.9 Å². The first kappa shape index (κ1) is 78.2. The highest BCUT2D eigenvalue weighted by atomic mass is 31.2. The SMILES string of the molecule is CCCCCCC/C=C\C/C=C\C/C=C\CCCCCCCCCCCCCCC(=O)NC(COP(=O)([O-])OCC[N+](C)(C)C)C(O)/C=C/CC/C=C/CCCCCCCCCCCCCCCCCCCCCCCCCCC. The molecule has 0 aliphatic heterocycles. The largest absolute Gasteiger partial charge is 0.756 e. The number of phosphoric ester groups is 1. The van der Waals surface area contributed by atoms with Crippen LogP contribution in [0.2, 0.25) is 0 Å². The highest BCUT2D eigenvalue weighted by molar-refractivity contribution is 7.45. The van der Waals surface area contributed by atoms with E-state index in [1.807, 2.05) is 27.2 Å². The molecule has 0 heterocycles. The zero-order chi connectivity index (χ0) is 58.4. The van der Waals surface area contributed by atoms with Gasteiger partial charge in [-0.2, -0.15) is 0 Å². The van der Waals surface area contributed by atoms with Crippen LogP contribution in [-0.4, -0.2) is 68.5 Å². The average Bonchev–Trinajstić information content (AvgIpc) is 3.42. The third kappa shape index (κ3) is 63.8. The maximum Gasteiger partial charge on any atom is 0.268 e. The summed E-state index contributed by atoms with van der Waals surface area (Å²) in [6.45, 7) is 4.66. The fraction of sp³-hybridized carbons (Fsp3) is 0.845. The standard InChI is InChI=1S/C71H135N2O6P/c1-6-8-10-12-14-16-18-20-22-24-26-28-30-32-34-35-36-37-39-40-42-44-46-48-50-52-54-56-58-60-62-64-70(74)69(68-79-80(76,77)78-67-66-73(3,4)5)72-71(75)65-63-61-59-57-55-53-51-49-47-45-43-41-38-33-31-29-27-25-23-21-19-17-15-13-11-9-7-2/h19,21,25,27,31,33,54,56,62,64,69-70,74H,6-18,20,22-24,26,28-30,32,34-53,55,57-61,63,65-68H2,1-5H3,(H-,72,75,76,77)/b21-19-,27-25-,33-31-,56-54+,64-62+. The van der Waals surface area contributed by atoms with E-state index in [0.29, 0.717) is 17.4 Å². The van der Waals surface area contributed by atoms with E-state index in [2.05, 4.69) is 67.8 Å². The van der Waals surface area contributed by atoms with Crippen LogP contribution in [0.15, 0.2) is 60.8 Å². The zero-order valence-electron chi connectivity index (χ0n) is 53.8. The van der Waals surface area contributed by atoms with Gasteiger partial charge in [0.2, 0.25) is 5.91 Å². The molecule has 0 bridgehead atoms. The Kier molecular flexibility index (Phi) is 60.4. The minimum atomic E-state index is -4.61. The molecule has 0 fully saturated rings. The van der Waals surface area contributed by atoms with E-state index in [4.69, 9.17) is 9.05 Å². The van der Waals surface area contributed by atoms with Gasteiger partial charge in [-0.3, -0.25) is 9.36 Å². The van der Waals surface area contributed by atoms with Gasteiger partial charge in [0, 0.05) is 6.42 Å². The van der Waals surface area contributed by atoms with Crippen LogP contribution in [0.4, 0.5) is 0 Å². The molecule has 0 aromatic rings. The first-order valence-corrected chi connectivity index (χ1v) is 36.1. The molecular weight excluding hydrogens is 1010 g/mol. The molecule has 80 heavy (non-hydrogen) atoms. The monoisotopic (exact) mass is 1140 g/mol. The maximum absolute atomic E-state index is 13.0. The predicted molar refractivity (Wildman–Crippen MR) is 348 cm³/mol. The fourth-order valence-corrected chi connectivity index (χ4v) is 11.0. The number of nitrogens with one attached hydrogen (secondary N) is 1. The van der Waals surface area contributed by atoms with Crippen LogP contribution in [0.5, 0.6) is 0 Å². The van der Waals surface area contributed by atoms with Crippen LogP contribution in [0.1, 0.15) is 335 Å². The van der Waals surface area contributed by atoms with Crippen molar-refractivity contribution in [1.82, 2.24) is 5.32 Å². The number of carbonyl (C=O) groups is 1. The third-order valence-corrected chi connectivity index (χ3v) is 16.7. The first-order chi connectivity index (χ1) is 39.0. The van der Waals surface area contributed by atoms with Crippen molar-refractivity contribution in [1.29, 1.82) is 0 Å². The van der Waals surface area contributed by atoms with Gasteiger partial charge in [0.25, 0.3) is 7.82 Å². The summed E-state index contributed by atoms with van der Waals surface area (Å²) in [6.07, 6.45) is 84.9. The number of phosphoric acid groups is 1. The molecule has 9 heteroatoms. The van der Waals surface area contributed by atoms with E-state index in [-0.39, 0.29) is 12.5 Å². The molecule has 8 nitrogen and oxygen atoms in total. The lowest BCUT2D eigenvalue weighted by Crippen LogP contribution is -2.45. The highest BCUT2D eigenvalue weighted by Crippen LogP contribution is 2.38. The summed E-state index contributed by atoms with van der Waals surface area (Å²) < 4.78 is 23.4. The van der Waals surface area contributed by atoms with E-state index in [0.717, 1.165) is 51.4 Å². The molecule has 3 atom stereocenters. The number of aliphatic hydroxyl groups is 1. The lowest BCUT2D eigenvalue weighted by atomic mass is 10.0. The van der Waals surface area contributed by atoms with Gasteiger partial charge in [-0.1, -0.05) is 319 Å². The minimum Gasteiger partial charge on any atom is -0.756 e. The second kappa shape index (κ2) is 61.8. The lowest BCUT2D eigenvalue weighted by molar-refractivity contribution is -0.870. The summed E-state index contributed by atoms with van der Waals surface area (Å²) in [5.41, 5.74) is 0. The summed E-state index contributed by atoms with van der Waals surface area (Å²) in [7, 11) is 1.25. The number of quaternary nitrogens is 1.